The van der Waals surface area contributed by atoms with Gasteiger partial charge in [0.05, 0.1) is 23.3 Å². The van der Waals surface area contributed by atoms with E-state index in [0.717, 1.165) is 42.7 Å². The van der Waals surface area contributed by atoms with Crippen molar-refractivity contribution >= 4 is 16.9 Å². The monoisotopic (exact) mass is 307 g/mol. The standard InChI is InChI=1S/C17H17N5O/c23-17(14-11-18-8-9-19-14)22-10-4-3-7-15(22)16-20-12-5-1-2-6-13(12)21-16/h1-2,5-6,8-9,11,15H,3-4,7,10H2,(H,20,21). The van der Waals surface area contributed by atoms with E-state index >= 15 is 0 Å². The maximum Gasteiger partial charge on any atom is 0.274 e. The van der Waals surface area contributed by atoms with Crippen LogP contribution in [-0.4, -0.2) is 37.3 Å². The summed E-state index contributed by atoms with van der Waals surface area (Å²) in [6, 6.07) is 7.89. The second kappa shape index (κ2) is 5.79. The molecular weight excluding hydrogens is 290 g/mol. The van der Waals surface area contributed by atoms with Gasteiger partial charge in [-0.15, -0.1) is 0 Å². The Bertz CT molecular complexity index is 796. The van der Waals surface area contributed by atoms with Crippen molar-refractivity contribution in [3.63, 3.8) is 0 Å². The van der Waals surface area contributed by atoms with Crippen LogP contribution >= 0.6 is 0 Å². The van der Waals surface area contributed by atoms with Crippen LogP contribution in [0.15, 0.2) is 42.9 Å². The number of nitrogens with zero attached hydrogens (tertiary/aromatic N) is 4. The van der Waals surface area contributed by atoms with Gasteiger partial charge < -0.3 is 9.88 Å². The second-order valence-corrected chi connectivity index (χ2v) is 5.74. The van der Waals surface area contributed by atoms with E-state index in [1.807, 2.05) is 29.2 Å². The van der Waals surface area contributed by atoms with Gasteiger partial charge >= 0.3 is 0 Å². The number of carbonyl (C=O) groups excluding carboxylic acids is 1. The van der Waals surface area contributed by atoms with Gasteiger partial charge in [0.1, 0.15) is 11.5 Å². The van der Waals surface area contributed by atoms with Crippen LogP contribution in [0.3, 0.4) is 0 Å². The minimum atomic E-state index is -0.0803. The minimum absolute atomic E-state index is 0.0364. The van der Waals surface area contributed by atoms with Crippen molar-refractivity contribution in [3.8, 4) is 0 Å². The Morgan fingerprint density at radius 3 is 2.96 bits per heavy atom. The van der Waals surface area contributed by atoms with Crippen molar-refractivity contribution < 1.29 is 4.79 Å². The zero-order valence-electron chi connectivity index (χ0n) is 12.6. The molecule has 2 aromatic heterocycles. The summed E-state index contributed by atoms with van der Waals surface area (Å²) < 4.78 is 0. The molecule has 1 atom stereocenters. The molecule has 4 rings (SSSR count). The molecule has 116 valence electrons. The number of benzene rings is 1. The number of H-pyrrole nitrogens is 1. The van der Waals surface area contributed by atoms with Crippen molar-refractivity contribution in [2.24, 2.45) is 0 Å². The molecular formula is C17H17N5O. The van der Waals surface area contributed by atoms with Gasteiger partial charge in [-0.1, -0.05) is 12.1 Å². The minimum Gasteiger partial charge on any atom is -0.340 e. The first-order valence-electron chi connectivity index (χ1n) is 7.84. The number of nitrogens with one attached hydrogen (secondary N) is 1. The number of imidazole rings is 1. The van der Waals surface area contributed by atoms with Crippen LogP contribution in [0.2, 0.25) is 0 Å². The van der Waals surface area contributed by atoms with Crippen LogP contribution in [0.5, 0.6) is 0 Å². The van der Waals surface area contributed by atoms with Gasteiger partial charge in [-0.25, -0.2) is 9.97 Å². The maximum atomic E-state index is 12.8. The van der Waals surface area contributed by atoms with Crippen LogP contribution in [0, 0.1) is 0 Å². The van der Waals surface area contributed by atoms with Crippen molar-refractivity contribution in [3.05, 3.63) is 54.4 Å². The Morgan fingerprint density at radius 2 is 2.13 bits per heavy atom. The van der Waals surface area contributed by atoms with E-state index in [0.29, 0.717) is 5.69 Å². The van der Waals surface area contributed by atoms with Crippen LogP contribution < -0.4 is 0 Å². The lowest BCUT2D eigenvalue weighted by atomic mass is 10.0. The number of aromatic amines is 1. The van der Waals surface area contributed by atoms with Gasteiger partial charge in [0.15, 0.2) is 0 Å². The lowest BCUT2D eigenvalue weighted by molar-refractivity contribution is 0.0594. The third-order valence-electron chi connectivity index (χ3n) is 4.27. The van der Waals surface area contributed by atoms with Gasteiger partial charge in [0.2, 0.25) is 0 Å². The van der Waals surface area contributed by atoms with Crippen molar-refractivity contribution in [1.82, 2.24) is 24.8 Å². The largest absolute Gasteiger partial charge is 0.340 e. The second-order valence-electron chi connectivity index (χ2n) is 5.74. The number of fused-ring (bicyclic) bond motifs is 1. The maximum absolute atomic E-state index is 12.8. The zero-order chi connectivity index (χ0) is 15.6. The van der Waals surface area contributed by atoms with E-state index in [9.17, 15) is 4.79 Å². The molecule has 1 amide bonds. The fourth-order valence-electron chi connectivity index (χ4n) is 3.15. The highest BCUT2D eigenvalue weighted by Gasteiger charge is 2.31. The topological polar surface area (TPSA) is 74.8 Å². The molecule has 1 aromatic carbocycles. The molecule has 1 aliphatic rings. The fourth-order valence-corrected chi connectivity index (χ4v) is 3.15. The molecule has 1 N–H and O–H groups in total. The molecule has 0 radical (unpaired) electrons. The Labute approximate surface area is 133 Å². The molecule has 0 aliphatic carbocycles. The summed E-state index contributed by atoms with van der Waals surface area (Å²) in [6.45, 7) is 0.719. The highest BCUT2D eigenvalue weighted by molar-refractivity contribution is 5.92. The molecule has 1 unspecified atom stereocenters. The summed E-state index contributed by atoms with van der Waals surface area (Å²) >= 11 is 0. The fraction of sp³-hybridized carbons (Fsp3) is 0.294. The summed E-state index contributed by atoms with van der Waals surface area (Å²) in [5, 5.41) is 0. The first kappa shape index (κ1) is 13.9. The van der Waals surface area contributed by atoms with E-state index in [2.05, 4.69) is 19.9 Å². The van der Waals surface area contributed by atoms with E-state index < -0.39 is 0 Å². The van der Waals surface area contributed by atoms with E-state index in [4.69, 9.17) is 0 Å². The number of likely N-dealkylation sites (tertiary alicyclic amines) is 1. The number of para-hydroxylation sites is 2. The predicted octanol–water partition coefficient (Wildman–Crippen LogP) is 2.72. The van der Waals surface area contributed by atoms with Gasteiger partial charge in [-0.05, 0) is 31.4 Å². The molecule has 3 heterocycles. The van der Waals surface area contributed by atoms with E-state index in [1.165, 1.54) is 6.20 Å². The highest BCUT2D eigenvalue weighted by Crippen LogP contribution is 2.31. The first-order valence-corrected chi connectivity index (χ1v) is 7.84. The van der Waals surface area contributed by atoms with Crippen molar-refractivity contribution in [1.29, 1.82) is 0 Å². The summed E-state index contributed by atoms with van der Waals surface area (Å²) in [5.41, 5.74) is 2.32. The lowest BCUT2D eigenvalue weighted by Crippen LogP contribution is -2.39. The number of aromatic nitrogens is 4. The molecule has 3 aromatic rings. The summed E-state index contributed by atoms with van der Waals surface area (Å²) in [6.07, 6.45) is 7.64. The van der Waals surface area contributed by atoms with Crippen LogP contribution in [0.4, 0.5) is 0 Å². The van der Waals surface area contributed by atoms with Crippen molar-refractivity contribution in [2.45, 2.75) is 25.3 Å². The Kier molecular flexibility index (Phi) is 3.49. The average molecular weight is 307 g/mol. The SMILES string of the molecule is O=C(c1cnccn1)N1CCCCC1c1nc2ccccc2[nH]1. The number of amides is 1. The molecule has 1 saturated heterocycles. The molecule has 23 heavy (non-hydrogen) atoms. The van der Waals surface area contributed by atoms with Gasteiger partial charge in [0, 0.05) is 18.9 Å². The molecule has 6 nitrogen and oxygen atoms in total. The number of piperidine rings is 1. The van der Waals surface area contributed by atoms with E-state index in [-0.39, 0.29) is 11.9 Å². The molecule has 0 spiro atoms. The Hall–Kier alpha value is -2.76. The summed E-state index contributed by atoms with van der Waals surface area (Å²) in [4.78, 5) is 30.8. The molecule has 1 fully saturated rings. The zero-order valence-corrected chi connectivity index (χ0v) is 12.6. The third kappa shape index (κ3) is 2.56. The van der Waals surface area contributed by atoms with Crippen molar-refractivity contribution in [2.75, 3.05) is 6.54 Å². The highest BCUT2D eigenvalue weighted by atomic mass is 16.2. The molecule has 6 heteroatoms. The van der Waals surface area contributed by atoms with Crippen LogP contribution in [-0.2, 0) is 0 Å². The van der Waals surface area contributed by atoms with Crippen LogP contribution in [0.1, 0.15) is 41.6 Å². The van der Waals surface area contributed by atoms with Gasteiger partial charge in [-0.3, -0.25) is 9.78 Å². The Balaban J connectivity index is 1.69. The summed E-state index contributed by atoms with van der Waals surface area (Å²) in [7, 11) is 0. The lowest BCUT2D eigenvalue weighted by Gasteiger charge is -2.34. The molecule has 1 aliphatic heterocycles. The normalized spacial score (nSPS) is 18.3. The quantitative estimate of drug-likeness (QED) is 0.790. The van der Waals surface area contributed by atoms with Gasteiger partial charge in [-0.2, -0.15) is 0 Å². The number of rotatable bonds is 2. The smallest absolute Gasteiger partial charge is 0.274 e. The first-order chi connectivity index (χ1) is 11.3. The van der Waals surface area contributed by atoms with Crippen LogP contribution in [0.25, 0.3) is 11.0 Å². The number of carbonyl (C=O) groups is 1. The average Bonchev–Trinajstić information content (AvgIpc) is 3.06. The third-order valence-corrected chi connectivity index (χ3v) is 4.27. The Morgan fingerprint density at radius 1 is 1.22 bits per heavy atom. The number of hydrogen-bond acceptors (Lipinski definition) is 4. The number of hydrogen-bond donors (Lipinski definition) is 1. The van der Waals surface area contributed by atoms with Gasteiger partial charge in [0.25, 0.3) is 5.91 Å². The van der Waals surface area contributed by atoms with E-state index in [1.54, 1.807) is 12.4 Å². The molecule has 0 saturated carbocycles. The molecule has 0 bridgehead atoms. The summed E-state index contributed by atoms with van der Waals surface area (Å²) in [5.74, 6) is 0.770. The predicted molar refractivity (Wildman–Crippen MR) is 85.8 cm³/mol.